The van der Waals surface area contributed by atoms with Crippen molar-refractivity contribution < 1.29 is 4.74 Å². The Bertz CT molecular complexity index is 678. The molecule has 20 heavy (non-hydrogen) atoms. The predicted octanol–water partition coefficient (Wildman–Crippen LogP) is 2.14. The predicted molar refractivity (Wildman–Crippen MR) is 76.3 cm³/mol. The Hall–Kier alpha value is -1.31. The maximum atomic E-state index is 12.0. The summed E-state index contributed by atoms with van der Waals surface area (Å²) < 4.78 is 9.21. The number of aromatic nitrogens is 4. The number of rotatable bonds is 2. The minimum absolute atomic E-state index is 0.165. The average Bonchev–Trinajstić information content (AvgIpc) is 2.89. The number of hydrogen-bond donors (Lipinski definition) is 1. The van der Waals surface area contributed by atoms with Gasteiger partial charge in [-0.25, -0.2) is 4.98 Å². The summed E-state index contributed by atoms with van der Waals surface area (Å²) in [5, 5.41) is 4.12. The summed E-state index contributed by atoms with van der Waals surface area (Å²) in [6.07, 6.45) is 1.66. The fourth-order valence-corrected chi connectivity index (χ4v) is 3.12. The number of halogens is 1. The highest BCUT2D eigenvalue weighted by Gasteiger charge is 2.23. The summed E-state index contributed by atoms with van der Waals surface area (Å²) in [5.41, 5.74) is 1.09. The molecule has 3 rings (SSSR count). The van der Waals surface area contributed by atoms with Crippen LogP contribution in [0.5, 0.6) is 0 Å². The number of nitrogens with one attached hydrogen (secondary N) is 1. The Balaban J connectivity index is 2.08. The second-order valence-corrected chi connectivity index (χ2v) is 5.82. The molecule has 1 N–H and O–H groups in total. The summed E-state index contributed by atoms with van der Waals surface area (Å²) in [5.74, 6) is 0.659. The van der Waals surface area contributed by atoms with Crippen molar-refractivity contribution in [3.05, 3.63) is 26.8 Å². The summed E-state index contributed by atoms with van der Waals surface area (Å²) in [7, 11) is 0. The molecule has 8 heteroatoms. The number of hydrogen-bond acceptors (Lipinski definition) is 6. The van der Waals surface area contributed by atoms with Crippen LogP contribution in [0.25, 0.3) is 10.7 Å². The molecule has 3 heterocycles. The zero-order valence-corrected chi connectivity index (χ0v) is 12.4. The van der Waals surface area contributed by atoms with Crippen molar-refractivity contribution in [3.8, 4) is 10.7 Å². The highest BCUT2D eigenvalue weighted by molar-refractivity contribution is 7.09. The molecule has 0 spiro atoms. The quantitative estimate of drug-likeness (QED) is 0.919. The smallest absolute Gasteiger partial charge is 0.270 e. The van der Waals surface area contributed by atoms with Crippen LogP contribution in [0, 0.1) is 6.92 Å². The number of aryl methyl sites for hydroxylation is 1. The van der Waals surface area contributed by atoms with E-state index < -0.39 is 0 Å². The van der Waals surface area contributed by atoms with Crippen molar-refractivity contribution in [1.29, 1.82) is 0 Å². The highest BCUT2D eigenvalue weighted by Crippen LogP contribution is 2.31. The van der Waals surface area contributed by atoms with E-state index in [1.54, 1.807) is 0 Å². The van der Waals surface area contributed by atoms with Gasteiger partial charge >= 0.3 is 0 Å². The number of aromatic amines is 1. The van der Waals surface area contributed by atoms with E-state index in [1.165, 1.54) is 11.5 Å². The molecule has 2 aromatic rings. The number of H-pyrrole nitrogens is 1. The fourth-order valence-electron chi connectivity index (χ4n) is 2.27. The molecular weight excluding hydrogens is 300 g/mol. The zero-order chi connectivity index (χ0) is 14.1. The van der Waals surface area contributed by atoms with Gasteiger partial charge in [0.25, 0.3) is 5.56 Å². The Kier molecular flexibility index (Phi) is 3.82. The van der Waals surface area contributed by atoms with Gasteiger partial charge in [0.1, 0.15) is 9.90 Å². The van der Waals surface area contributed by atoms with Crippen molar-refractivity contribution in [2.75, 3.05) is 13.2 Å². The van der Waals surface area contributed by atoms with Crippen molar-refractivity contribution in [2.45, 2.75) is 25.7 Å². The summed E-state index contributed by atoms with van der Waals surface area (Å²) in [6, 6.07) is 0. The van der Waals surface area contributed by atoms with E-state index in [0.717, 1.165) is 23.4 Å². The van der Waals surface area contributed by atoms with Gasteiger partial charge < -0.3 is 9.72 Å². The molecule has 0 unspecified atom stereocenters. The van der Waals surface area contributed by atoms with Gasteiger partial charge in [0.2, 0.25) is 0 Å². The van der Waals surface area contributed by atoms with Crippen molar-refractivity contribution in [2.24, 2.45) is 0 Å². The second kappa shape index (κ2) is 5.59. The minimum Gasteiger partial charge on any atom is -0.381 e. The van der Waals surface area contributed by atoms with Gasteiger partial charge in [-0.05, 0) is 31.3 Å². The molecule has 0 atom stereocenters. The molecule has 0 aromatic carbocycles. The van der Waals surface area contributed by atoms with Crippen LogP contribution < -0.4 is 5.56 Å². The topological polar surface area (TPSA) is 80.8 Å². The first-order valence-corrected chi connectivity index (χ1v) is 7.48. The monoisotopic (exact) mass is 312 g/mol. The van der Waals surface area contributed by atoms with Crippen LogP contribution in [0.15, 0.2) is 4.79 Å². The van der Waals surface area contributed by atoms with Crippen LogP contribution in [0.1, 0.15) is 30.1 Å². The maximum Gasteiger partial charge on any atom is 0.270 e. The van der Waals surface area contributed by atoms with Gasteiger partial charge in [0.05, 0.1) is 11.4 Å². The lowest BCUT2D eigenvalue weighted by atomic mass is 9.96. The van der Waals surface area contributed by atoms with Crippen LogP contribution in [0.4, 0.5) is 0 Å². The zero-order valence-electron chi connectivity index (χ0n) is 10.9. The van der Waals surface area contributed by atoms with E-state index in [9.17, 15) is 4.79 Å². The first-order chi connectivity index (χ1) is 9.66. The Morgan fingerprint density at radius 1 is 1.40 bits per heavy atom. The minimum atomic E-state index is -0.314. The molecule has 1 saturated heterocycles. The van der Waals surface area contributed by atoms with Gasteiger partial charge in [0, 0.05) is 19.1 Å². The van der Waals surface area contributed by atoms with Crippen LogP contribution >= 0.6 is 23.1 Å². The Morgan fingerprint density at radius 2 is 2.15 bits per heavy atom. The lowest BCUT2D eigenvalue weighted by Crippen LogP contribution is -2.20. The van der Waals surface area contributed by atoms with Crippen LogP contribution in [0.2, 0.25) is 5.02 Å². The third-order valence-corrected chi connectivity index (χ3v) is 4.56. The molecule has 0 radical (unpaired) electrons. The largest absolute Gasteiger partial charge is 0.381 e. The SMILES string of the molecule is Cc1nnsc1-c1nc(C2CCOCC2)c(Cl)c(=O)[nH]1. The Morgan fingerprint density at radius 3 is 2.80 bits per heavy atom. The summed E-state index contributed by atoms with van der Waals surface area (Å²) >= 11 is 7.34. The molecule has 1 aliphatic heterocycles. The molecule has 0 aliphatic carbocycles. The molecule has 0 bridgehead atoms. The Labute approximate surface area is 124 Å². The average molecular weight is 313 g/mol. The van der Waals surface area contributed by atoms with Crippen LogP contribution in [-0.2, 0) is 4.74 Å². The van der Waals surface area contributed by atoms with Gasteiger partial charge in [-0.1, -0.05) is 16.1 Å². The summed E-state index contributed by atoms with van der Waals surface area (Å²) in [6.45, 7) is 3.18. The lowest BCUT2D eigenvalue weighted by Gasteiger charge is -2.22. The van der Waals surface area contributed by atoms with E-state index in [2.05, 4.69) is 19.6 Å². The third-order valence-electron chi connectivity index (χ3n) is 3.36. The normalized spacial score (nSPS) is 16.5. The number of ether oxygens (including phenoxy) is 1. The van der Waals surface area contributed by atoms with Crippen molar-refractivity contribution in [3.63, 3.8) is 0 Å². The van der Waals surface area contributed by atoms with Gasteiger partial charge in [-0.15, -0.1) is 5.10 Å². The molecular formula is C12H13ClN4O2S. The van der Waals surface area contributed by atoms with Gasteiger partial charge in [-0.2, -0.15) is 0 Å². The van der Waals surface area contributed by atoms with E-state index in [0.29, 0.717) is 24.7 Å². The fraction of sp³-hybridized carbons (Fsp3) is 0.500. The van der Waals surface area contributed by atoms with E-state index >= 15 is 0 Å². The van der Waals surface area contributed by atoms with Crippen molar-refractivity contribution >= 4 is 23.1 Å². The van der Waals surface area contributed by atoms with E-state index in [4.69, 9.17) is 16.3 Å². The number of nitrogens with zero attached hydrogens (tertiary/aromatic N) is 3. The summed E-state index contributed by atoms with van der Waals surface area (Å²) in [4.78, 5) is 20.0. The first kappa shape index (κ1) is 13.7. The lowest BCUT2D eigenvalue weighted by molar-refractivity contribution is 0.0845. The molecule has 2 aromatic heterocycles. The molecule has 1 fully saturated rings. The van der Waals surface area contributed by atoms with Crippen LogP contribution in [-0.4, -0.2) is 32.8 Å². The van der Waals surface area contributed by atoms with E-state index in [-0.39, 0.29) is 16.5 Å². The van der Waals surface area contributed by atoms with Crippen LogP contribution in [0.3, 0.4) is 0 Å². The standard InChI is InChI=1S/C12H13ClN4O2S/c1-6-10(20-17-16-6)11-14-9(8(13)12(18)15-11)7-2-4-19-5-3-7/h7H,2-5H2,1H3,(H,14,15,18). The first-order valence-electron chi connectivity index (χ1n) is 6.33. The molecule has 0 amide bonds. The molecule has 1 aliphatic rings. The third kappa shape index (κ3) is 2.48. The molecule has 6 nitrogen and oxygen atoms in total. The second-order valence-electron chi connectivity index (χ2n) is 4.69. The van der Waals surface area contributed by atoms with Gasteiger partial charge in [0.15, 0.2) is 5.82 Å². The van der Waals surface area contributed by atoms with Crippen molar-refractivity contribution in [1.82, 2.24) is 19.6 Å². The molecule has 106 valence electrons. The van der Waals surface area contributed by atoms with Gasteiger partial charge in [-0.3, -0.25) is 4.79 Å². The van der Waals surface area contributed by atoms with E-state index in [1.807, 2.05) is 6.92 Å². The maximum absolute atomic E-state index is 12.0. The molecule has 0 saturated carbocycles. The highest BCUT2D eigenvalue weighted by atomic mass is 35.5.